The predicted molar refractivity (Wildman–Crippen MR) is 74.2 cm³/mol. The molecule has 0 atom stereocenters. The van der Waals surface area contributed by atoms with Crippen molar-refractivity contribution in [3.05, 3.63) is 41.2 Å². The molecular formula is C14H17FN4O. The van der Waals surface area contributed by atoms with Crippen LogP contribution in [0.25, 0.3) is 0 Å². The normalized spacial score (nSPS) is 10.9. The zero-order valence-electron chi connectivity index (χ0n) is 11.9. The molecule has 0 saturated carbocycles. The molecule has 5 nitrogen and oxygen atoms in total. The highest BCUT2D eigenvalue weighted by Crippen LogP contribution is 2.23. The van der Waals surface area contributed by atoms with E-state index in [0.29, 0.717) is 11.4 Å². The number of halogens is 1. The van der Waals surface area contributed by atoms with Crippen LogP contribution in [0.2, 0.25) is 0 Å². The molecule has 0 spiro atoms. The molecule has 1 N–H and O–H groups in total. The van der Waals surface area contributed by atoms with Crippen molar-refractivity contribution >= 4 is 11.6 Å². The van der Waals surface area contributed by atoms with Crippen LogP contribution in [0.15, 0.2) is 18.3 Å². The fourth-order valence-corrected chi connectivity index (χ4v) is 2.08. The Kier molecular flexibility index (Phi) is 3.83. The molecule has 2 aromatic heterocycles. The second-order valence-electron chi connectivity index (χ2n) is 4.88. The highest BCUT2D eigenvalue weighted by molar-refractivity contribution is 6.04. The number of aryl methyl sites for hydroxylation is 1. The Bertz CT molecular complexity index is 649. The van der Waals surface area contributed by atoms with E-state index in [0.717, 1.165) is 5.69 Å². The van der Waals surface area contributed by atoms with Crippen LogP contribution in [0.1, 0.15) is 41.6 Å². The molecule has 1 amide bonds. The topological polar surface area (TPSA) is 59.8 Å². The van der Waals surface area contributed by atoms with Crippen LogP contribution in [0.5, 0.6) is 0 Å². The predicted octanol–water partition coefficient (Wildman–Crippen LogP) is 2.87. The number of anilines is 1. The van der Waals surface area contributed by atoms with Crippen molar-refractivity contribution in [2.24, 2.45) is 0 Å². The van der Waals surface area contributed by atoms with Gasteiger partial charge in [-0.3, -0.25) is 9.48 Å². The second kappa shape index (κ2) is 5.40. The van der Waals surface area contributed by atoms with Crippen LogP contribution in [0.3, 0.4) is 0 Å². The molecule has 0 radical (unpaired) electrons. The first-order valence-corrected chi connectivity index (χ1v) is 6.39. The van der Waals surface area contributed by atoms with Gasteiger partial charge in [0.05, 0.1) is 22.6 Å². The molecule has 0 aliphatic rings. The number of amides is 1. The Balaban J connectivity index is 2.31. The molecule has 2 rings (SSSR count). The Morgan fingerprint density at radius 1 is 1.40 bits per heavy atom. The standard InChI is InChI=1S/C14H17FN4O/c1-8(2)19-10(4)12(9(3)18-19)17-14(20)11-6-5-7-16-13(11)15/h5-8H,1-4H3,(H,17,20). The van der Waals surface area contributed by atoms with Gasteiger partial charge in [0.2, 0.25) is 5.95 Å². The summed E-state index contributed by atoms with van der Waals surface area (Å²) in [6.45, 7) is 7.69. The summed E-state index contributed by atoms with van der Waals surface area (Å²) < 4.78 is 15.3. The van der Waals surface area contributed by atoms with Crippen molar-refractivity contribution in [2.45, 2.75) is 33.7 Å². The Labute approximate surface area is 116 Å². The summed E-state index contributed by atoms with van der Waals surface area (Å²) in [6.07, 6.45) is 1.30. The van der Waals surface area contributed by atoms with Crippen molar-refractivity contribution in [1.82, 2.24) is 14.8 Å². The molecule has 0 aliphatic carbocycles. The molecule has 0 aliphatic heterocycles. The largest absolute Gasteiger partial charge is 0.319 e. The molecule has 0 bridgehead atoms. The summed E-state index contributed by atoms with van der Waals surface area (Å²) >= 11 is 0. The van der Waals surface area contributed by atoms with Gasteiger partial charge < -0.3 is 5.32 Å². The number of carbonyl (C=O) groups is 1. The van der Waals surface area contributed by atoms with Gasteiger partial charge in [-0.25, -0.2) is 4.98 Å². The maximum atomic E-state index is 13.5. The zero-order valence-corrected chi connectivity index (χ0v) is 11.9. The number of rotatable bonds is 3. The first-order valence-electron chi connectivity index (χ1n) is 6.39. The SMILES string of the molecule is Cc1nn(C(C)C)c(C)c1NC(=O)c1cccnc1F. The summed E-state index contributed by atoms with van der Waals surface area (Å²) in [4.78, 5) is 15.6. The maximum absolute atomic E-state index is 13.5. The molecule has 0 saturated heterocycles. The summed E-state index contributed by atoms with van der Waals surface area (Å²) in [5.74, 6) is -1.30. The third kappa shape index (κ3) is 2.54. The molecule has 0 unspecified atom stereocenters. The van der Waals surface area contributed by atoms with Gasteiger partial charge in [0.15, 0.2) is 0 Å². The van der Waals surface area contributed by atoms with E-state index < -0.39 is 11.9 Å². The van der Waals surface area contributed by atoms with Crippen LogP contribution in [-0.4, -0.2) is 20.7 Å². The molecular weight excluding hydrogens is 259 g/mol. The van der Waals surface area contributed by atoms with Crippen LogP contribution >= 0.6 is 0 Å². The van der Waals surface area contributed by atoms with Gasteiger partial charge in [-0.05, 0) is 39.8 Å². The van der Waals surface area contributed by atoms with E-state index in [4.69, 9.17) is 0 Å². The Hall–Kier alpha value is -2.24. The molecule has 20 heavy (non-hydrogen) atoms. The molecule has 6 heteroatoms. The van der Waals surface area contributed by atoms with Crippen molar-refractivity contribution < 1.29 is 9.18 Å². The first-order chi connectivity index (χ1) is 9.41. The van der Waals surface area contributed by atoms with E-state index in [1.165, 1.54) is 18.3 Å². The van der Waals surface area contributed by atoms with Gasteiger partial charge in [-0.1, -0.05) is 0 Å². The van der Waals surface area contributed by atoms with Gasteiger partial charge in [0, 0.05) is 12.2 Å². The summed E-state index contributed by atoms with van der Waals surface area (Å²) in [7, 11) is 0. The summed E-state index contributed by atoms with van der Waals surface area (Å²) in [6, 6.07) is 3.11. The minimum absolute atomic E-state index is 0.0800. The second-order valence-corrected chi connectivity index (χ2v) is 4.88. The fraction of sp³-hybridized carbons (Fsp3) is 0.357. The van der Waals surface area contributed by atoms with Crippen LogP contribution in [0, 0.1) is 19.8 Å². The number of carbonyl (C=O) groups excluding carboxylic acids is 1. The van der Waals surface area contributed by atoms with Gasteiger partial charge in [0.1, 0.15) is 0 Å². The van der Waals surface area contributed by atoms with Crippen molar-refractivity contribution in [2.75, 3.05) is 5.32 Å². The lowest BCUT2D eigenvalue weighted by Crippen LogP contribution is -2.15. The van der Waals surface area contributed by atoms with Gasteiger partial charge >= 0.3 is 0 Å². The third-order valence-electron chi connectivity index (χ3n) is 3.06. The van der Waals surface area contributed by atoms with Gasteiger partial charge in [0.25, 0.3) is 5.91 Å². The maximum Gasteiger partial charge on any atom is 0.260 e. The Morgan fingerprint density at radius 3 is 2.65 bits per heavy atom. The minimum atomic E-state index is -0.781. The van der Waals surface area contributed by atoms with Gasteiger partial charge in [-0.15, -0.1) is 0 Å². The molecule has 0 aromatic carbocycles. The highest BCUT2D eigenvalue weighted by Gasteiger charge is 2.18. The van der Waals surface area contributed by atoms with E-state index in [-0.39, 0.29) is 11.6 Å². The first kappa shape index (κ1) is 14.2. The van der Waals surface area contributed by atoms with Gasteiger partial charge in [-0.2, -0.15) is 9.49 Å². The lowest BCUT2D eigenvalue weighted by atomic mass is 10.2. The summed E-state index contributed by atoms with van der Waals surface area (Å²) in [5, 5.41) is 7.08. The number of aromatic nitrogens is 3. The van der Waals surface area contributed by atoms with E-state index in [1.54, 1.807) is 6.92 Å². The average Bonchev–Trinajstić information content (AvgIpc) is 2.67. The zero-order chi connectivity index (χ0) is 14.9. The molecule has 106 valence electrons. The highest BCUT2D eigenvalue weighted by atomic mass is 19.1. The van der Waals surface area contributed by atoms with E-state index >= 15 is 0 Å². The quantitative estimate of drug-likeness (QED) is 0.877. The average molecular weight is 276 g/mol. The van der Waals surface area contributed by atoms with E-state index in [9.17, 15) is 9.18 Å². The number of nitrogens with one attached hydrogen (secondary N) is 1. The van der Waals surface area contributed by atoms with E-state index in [2.05, 4.69) is 15.4 Å². The number of hydrogen-bond donors (Lipinski definition) is 1. The van der Waals surface area contributed by atoms with Crippen LogP contribution < -0.4 is 5.32 Å². The van der Waals surface area contributed by atoms with Crippen LogP contribution in [-0.2, 0) is 0 Å². The Morgan fingerprint density at radius 2 is 2.10 bits per heavy atom. The lowest BCUT2D eigenvalue weighted by molar-refractivity contribution is 0.102. The number of pyridine rings is 1. The van der Waals surface area contributed by atoms with E-state index in [1.807, 2.05) is 25.5 Å². The summed E-state index contributed by atoms with van der Waals surface area (Å²) in [5.41, 5.74) is 2.08. The van der Waals surface area contributed by atoms with Crippen LogP contribution in [0.4, 0.5) is 10.1 Å². The molecule has 2 heterocycles. The van der Waals surface area contributed by atoms with Crippen molar-refractivity contribution in [3.8, 4) is 0 Å². The minimum Gasteiger partial charge on any atom is -0.319 e. The lowest BCUT2D eigenvalue weighted by Gasteiger charge is -2.09. The van der Waals surface area contributed by atoms with Crippen molar-refractivity contribution in [3.63, 3.8) is 0 Å². The molecule has 2 aromatic rings. The third-order valence-corrected chi connectivity index (χ3v) is 3.06. The fourth-order valence-electron chi connectivity index (χ4n) is 2.08. The molecule has 0 fully saturated rings. The monoisotopic (exact) mass is 276 g/mol. The van der Waals surface area contributed by atoms with Crippen molar-refractivity contribution in [1.29, 1.82) is 0 Å². The number of nitrogens with zero attached hydrogens (tertiary/aromatic N) is 3. The number of hydrogen-bond acceptors (Lipinski definition) is 3. The smallest absolute Gasteiger partial charge is 0.260 e.